The van der Waals surface area contributed by atoms with Gasteiger partial charge in [0.15, 0.2) is 5.65 Å². The third kappa shape index (κ3) is 3.88. The molecule has 0 spiro atoms. The quantitative estimate of drug-likeness (QED) is 0.471. The Hall–Kier alpha value is -3.19. The number of pyridine rings is 1. The largest absolute Gasteiger partial charge is 0.354 e. The van der Waals surface area contributed by atoms with E-state index >= 15 is 0 Å². The van der Waals surface area contributed by atoms with Crippen LogP contribution in [0.15, 0.2) is 30.7 Å². The van der Waals surface area contributed by atoms with Crippen LogP contribution in [0.5, 0.6) is 0 Å². The zero-order valence-electron chi connectivity index (χ0n) is 21.0. The molecule has 7 heteroatoms. The van der Waals surface area contributed by atoms with Crippen LogP contribution in [0.3, 0.4) is 0 Å². The Morgan fingerprint density at radius 3 is 2.68 bits per heavy atom. The highest BCUT2D eigenvalue weighted by Crippen LogP contribution is 2.38. The number of aromatic amines is 1. The molecule has 178 valence electrons. The number of H-pyrrole nitrogens is 1. The summed E-state index contributed by atoms with van der Waals surface area (Å²) < 4.78 is 1.87. The maximum atomic E-state index is 12.3. The molecule has 1 aliphatic rings. The molecule has 0 unspecified atom stereocenters. The van der Waals surface area contributed by atoms with Crippen LogP contribution in [0.4, 0.5) is 0 Å². The zero-order valence-corrected chi connectivity index (χ0v) is 21.0. The number of aryl methyl sites for hydroxylation is 1. The smallest absolute Gasteiger partial charge is 0.236 e. The number of carbonyl (C=O) groups is 1. The highest BCUT2D eigenvalue weighted by molar-refractivity contribution is 5.92. The van der Waals surface area contributed by atoms with Crippen LogP contribution in [0, 0.1) is 19.8 Å². The number of hydrogen-bond donors (Lipinski definition) is 1. The lowest BCUT2D eigenvalue weighted by Gasteiger charge is -2.40. The number of hydrogen-bond acceptors (Lipinski definition) is 4. The van der Waals surface area contributed by atoms with Crippen molar-refractivity contribution >= 4 is 22.5 Å². The summed E-state index contributed by atoms with van der Waals surface area (Å²) >= 11 is 0. The molecule has 1 aliphatic heterocycles. The van der Waals surface area contributed by atoms with E-state index < -0.39 is 0 Å². The minimum atomic E-state index is 0.226. The standard InChI is InChI=1S/C27H34N6O/c1-16(2)25-21-10-19(9-20-11-32(12-20)24(34)14-31(5)6)7-8-23(21)30-26(25)22-13-33-27(28-15-29-33)18(4)17(22)3/h7-8,10,13,15-16,20,30H,9,11-12,14H2,1-6H3. The van der Waals surface area contributed by atoms with Crippen molar-refractivity contribution < 1.29 is 4.79 Å². The Bertz CT molecular complexity index is 1370. The number of aromatic nitrogens is 4. The van der Waals surface area contributed by atoms with Crippen molar-refractivity contribution in [2.75, 3.05) is 33.7 Å². The first-order valence-corrected chi connectivity index (χ1v) is 12.1. The van der Waals surface area contributed by atoms with Crippen molar-refractivity contribution in [3.63, 3.8) is 0 Å². The Morgan fingerprint density at radius 2 is 1.97 bits per heavy atom. The van der Waals surface area contributed by atoms with Crippen LogP contribution in [-0.2, 0) is 11.2 Å². The zero-order chi connectivity index (χ0) is 24.1. The molecule has 0 radical (unpaired) electrons. The predicted octanol–water partition coefficient (Wildman–Crippen LogP) is 4.18. The van der Waals surface area contributed by atoms with E-state index in [-0.39, 0.29) is 5.91 Å². The van der Waals surface area contributed by atoms with Gasteiger partial charge in [0.25, 0.3) is 0 Å². The summed E-state index contributed by atoms with van der Waals surface area (Å²) in [6.07, 6.45) is 4.71. The van der Waals surface area contributed by atoms with E-state index in [9.17, 15) is 4.79 Å². The Labute approximate surface area is 200 Å². The van der Waals surface area contributed by atoms with Crippen LogP contribution in [-0.4, -0.2) is 69.0 Å². The average Bonchev–Trinajstić information content (AvgIpc) is 3.36. The third-order valence-electron chi connectivity index (χ3n) is 7.16. The Kier molecular flexibility index (Phi) is 5.68. The molecular formula is C27H34N6O. The second kappa shape index (κ2) is 8.55. The molecule has 1 saturated heterocycles. The van der Waals surface area contributed by atoms with Gasteiger partial charge in [-0.3, -0.25) is 4.79 Å². The normalized spacial score (nSPS) is 14.6. The highest BCUT2D eigenvalue weighted by atomic mass is 16.2. The Balaban J connectivity index is 1.46. The number of rotatable bonds is 6. The number of benzene rings is 1. The van der Waals surface area contributed by atoms with Gasteiger partial charge in [-0.1, -0.05) is 19.9 Å². The summed E-state index contributed by atoms with van der Waals surface area (Å²) in [6.45, 7) is 11.0. The molecule has 1 amide bonds. The topological polar surface area (TPSA) is 69.5 Å². The molecule has 7 nitrogen and oxygen atoms in total. The van der Waals surface area contributed by atoms with Crippen LogP contribution >= 0.6 is 0 Å². The number of fused-ring (bicyclic) bond motifs is 2. The second-order valence-electron chi connectivity index (χ2n) is 10.4. The fraction of sp³-hybridized carbons (Fsp3) is 0.444. The number of amides is 1. The Morgan fingerprint density at radius 1 is 1.21 bits per heavy atom. The molecule has 3 aromatic heterocycles. The van der Waals surface area contributed by atoms with E-state index in [4.69, 9.17) is 0 Å². The fourth-order valence-corrected chi connectivity index (χ4v) is 5.26. The first kappa shape index (κ1) is 22.6. The summed E-state index contributed by atoms with van der Waals surface area (Å²) in [7, 11) is 3.88. The maximum absolute atomic E-state index is 12.3. The lowest BCUT2D eigenvalue weighted by atomic mass is 9.90. The summed E-state index contributed by atoms with van der Waals surface area (Å²) in [5, 5.41) is 5.68. The molecule has 0 atom stereocenters. The van der Waals surface area contributed by atoms with E-state index in [1.54, 1.807) is 6.33 Å². The number of nitrogens with zero attached hydrogens (tertiary/aromatic N) is 5. The van der Waals surface area contributed by atoms with Crippen molar-refractivity contribution in [3.8, 4) is 11.3 Å². The van der Waals surface area contributed by atoms with E-state index in [0.29, 0.717) is 18.4 Å². The first-order valence-electron chi connectivity index (χ1n) is 12.1. The highest BCUT2D eigenvalue weighted by Gasteiger charge is 2.30. The molecule has 0 aliphatic carbocycles. The monoisotopic (exact) mass is 458 g/mol. The molecule has 1 N–H and O–H groups in total. The summed E-state index contributed by atoms with van der Waals surface area (Å²) in [6, 6.07) is 6.80. The van der Waals surface area contributed by atoms with Crippen molar-refractivity contribution in [2.45, 2.75) is 40.0 Å². The molecule has 4 heterocycles. The van der Waals surface area contributed by atoms with E-state index in [2.05, 4.69) is 67.2 Å². The van der Waals surface area contributed by atoms with Crippen molar-refractivity contribution in [3.05, 3.63) is 53.0 Å². The SMILES string of the molecule is Cc1c(-c2[nH]c3ccc(CC4CN(C(=O)CN(C)C)C4)cc3c2C(C)C)cn2ncnc2c1C. The van der Waals surface area contributed by atoms with Crippen LogP contribution in [0.2, 0.25) is 0 Å². The number of likely N-dealkylation sites (tertiary alicyclic amines) is 1. The lowest BCUT2D eigenvalue weighted by Crippen LogP contribution is -2.53. The van der Waals surface area contributed by atoms with Gasteiger partial charge in [0.1, 0.15) is 6.33 Å². The third-order valence-corrected chi connectivity index (χ3v) is 7.16. The van der Waals surface area contributed by atoms with Gasteiger partial charge in [-0.05, 0) is 80.6 Å². The van der Waals surface area contributed by atoms with Crippen LogP contribution in [0.25, 0.3) is 27.8 Å². The fourth-order valence-electron chi connectivity index (χ4n) is 5.26. The molecule has 1 aromatic carbocycles. The number of carbonyl (C=O) groups excluding carboxylic acids is 1. The van der Waals surface area contributed by atoms with Crippen LogP contribution < -0.4 is 0 Å². The van der Waals surface area contributed by atoms with Gasteiger partial charge in [0, 0.05) is 35.8 Å². The first-order chi connectivity index (χ1) is 16.2. The molecular weight excluding hydrogens is 424 g/mol. The van der Waals surface area contributed by atoms with E-state index in [0.717, 1.165) is 36.2 Å². The molecule has 0 saturated carbocycles. The van der Waals surface area contributed by atoms with Gasteiger partial charge in [-0.15, -0.1) is 0 Å². The summed E-state index contributed by atoms with van der Waals surface area (Å²) in [5.74, 6) is 1.13. The van der Waals surface area contributed by atoms with Crippen molar-refractivity contribution in [2.24, 2.45) is 5.92 Å². The maximum Gasteiger partial charge on any atom is 0.236 e. The molecule has 0 bridgehead atoms. The minimum Gasteiger partial charge on any atom is -0.354 e. The molecule has 5 rings (SSSR count). The second-order valence-corrected chi connectivity index (χ2v) is 10.4. The van der Waals surface area contributed by atoms with Gasteiger partial charge < -0.3 is 14.8 Å². The summed E-state index contributed by atoms with van der Waals surface area (Å²) in [5.41, 5.74) is 9.47. The van der Waals surface area contributed by atoms with E-state index in [1.165, 1.54) is 33.3 Å². The van der Waals surface area contributed by atoms with Gasteiger partial charge in [-0.25, -0.2) is 9.50 Å². The average molecular weight is 459 g/mol. The molecule has 1 fully saturated rings. The van der Waals surface area contributed by atoms with Crippen molar-refractivity contribution in [1.29, 1.82) is 0 Å². The van der Waals surface area contributed by atoms with Gasteiger partial charge in [0.2, 0.25) is 5.91 Å². The van der Waals surface area contributed by atoms with Gasteiger partial charge in [0.05, 0.1) is 12.2 Å². The van der Waals surface area contributed by atoms with Gasteiger partial charge in [-0.2, -0.15) is 5.10 Å². The van der Waals surface area contributed by atoms with Crippen LogP contribution in [0.1, 0.15) is 42.0 Å². The van der Waals surface area contributed by atoms with Gasteiger partial charge >= 0.3 is 0 Å². The predicted molar refractivity (Wildman–Crippen MR) is 136 cm³/mol. The number of likely N-dealkylation sites (N-methyl/N-ethyl adjacent to an activating group) is 1. The number of nitrogens with one attached hydrogen (secondary N) is 1. The van der Waals surface area contributed by atoms with E-state index in [1.807, 2.05) is 28.4 Å². The van der Waals surface area contributed by atoms with Crippen molar-refractivity contribution in [1.82, 2.24) is 29.4 Å². The lowest BCUT2D eigenvalue weighted by molar-refractivity contribution is -0.138. The minimum absolute atomic E-state index is 0.226. The summed E-state index contributed by atoms with van der Waals surface area (Å²) in [4.78, 5) is 24.3. The molecule has 4 aromatic rings. The molecule has 34 heavy (non-hydrogen) atoms.